The van der Waals surface area contributed by atoms with Crippen molar-refractivity contribution in [3.63, 3.8) is 0 Å². The number of hydrogen-bond acceptors (Lipinski definition) is 7. The van der Waals surface area contributed by atoms with Gasteiger partial charge in [-0.2, -0.15) is 0 Å². The van der Waals surface area contributed by atoms with E-state index in [0.717, 1.165) is 10.5 Å². The number of para-hydroxylation sites is 2. The fraction of sp³-hybridized carbons (Fsp3) is 0.182. The van der Waals surface area contributed by atoms with Gasteiger partial charge in [0.15, 0.2) is 22.2 Å². The van der Waals surface area contributed by atoms with Crippen LogP contribution in [0.5, 0.6) is 5.75 Å². The van der Waals surface area contributed by atoms with Gasteiger partial charge in [0.05, 0.1) is 23.8 Å². The molecule has 3 heterocycles. The molecule has 0 unspecified atom stereocenters. The van der Waals surface area contributed by atoms with Gasteiger partial charge >= 0.3 is 0 Å². The van der Waals surface area contributed by atoms with Gasteiger partial charge in [-0.1, -0.05) is 36.0 Å². The molecule has 0 saturated carbocycles. The molecule has 3 aromatic heterocycles. The zero-order valence-corrected chi connectivity index (χ0v) is 17.8. The molecule has 31 heavy (non-hydrogen) atoms. The average Bonchev–Trinajstić information content (AvgIpc) is 3.41. The van der Waals surface area contributed by atoms with Gasteiger partial charge in [-0.15, -0.1) is 10.2 Å². The maximum atomic E-state index is 12.3. The van der Waals surface area contributed by atoms with Gasteiger partial charge in [0.2, 0.25) is 5.82 Å². The highest BCUT2D eigenvalue weighted by Gasteiger charge is 2.18. The predicted molar refractivity (Wildman–Crippen MR) is 119 cm³/mol. The number of furan rings is 1. The molecular weight excluding hydrogens is 414 g/mol. The number of aromatic nitrogens is 5. The third kappa shape index (κ3) is 3.46. The summed E-state index contributed by atoms with van der Waals surface area (Å²) in [6, 6.07) is 15.0. The van der Waals surface area contributed by atoms with Crippen molar-refractivity contribution in [1.29, 1.82) is 0 Å². The van der Waals surface area contributed by atoms with E-state index in [-0.39, 0.29) is 5.56 Å². The first-order chi connectivity index (χ1) is 15.2. The zero-order valence-electron chi connectivity index (χ0n) is 17.0. The minimum atomic E-state index is -0.143. The van der Waals surface area contributed by atoms with Gasteiger partial charge in [0.25, 0.3) is 5.56 Å². The average molecular weight is 433 g/mol. The van der Waals surface area contributed by atoms with Crippen molar-refractivity contribution in [1.82, 2.24) is 24.7 Å². The van der Waals surface area contributed by atoms with E-state index >= 15 is 0 Å². The van der Waals surface area contributed by atoms with E-state index in [1.165, 1.54) is 11.8 Å². The number of hydrogen-bond donors (Lipinski definition) is 1. The summed E-state index contributed by atoms with van der Waals surface area (Å²) in [6.45, 7) is 2.69. The summed E-state index contributed by atoms with van der Waals surface area (Å²) in [5.41, 5.74) is 1.21. The minimum Gasteiger partial charge on any atom is -0.493 e. The van der Waals surface area contributed by atoms with E-state index in [2.05, 4.69) is 20.2 Å². The van der Waals surface area contributed by atoms with Crippen LogP contribution in [0.2, 0.25) is 0 Å². The standard InChI is InChI=1S/C22H19N5O3S/c1-3-27-20(17-11-13-7-6-10-16(29-2)19(13)30-17)25-26-22(27)31-12-18-23-15-9-5-4-8-14(15)21(28)24-18/h4-11H,3,12H2,1-2H3,(H,23,24,28). The summed E-state index contributed by atoms with van der Waals surface area (Å²) in [5.74, 6) is 2.99. The maximum Gasteiger partial charge on any atom is 0.258 e. The first-order valence-electron chi connectivity index (χ1n) is 9.78. The first-order valence-corrected chi connectivity index (χ1v) is 10.8. The summed E-state index contributed by atoms with van der Waals surface area (Å²) in [5, 5.41) is 10.9. The molecule has 2 aromatic carbocycles. The van der Waals surface area contributed by atoms with Gasteiger partial charge < -0.3 is 14.1 Å². The Kier molecular flexibility index (Phi) is 4.95. The minimum absolute atomic E-state index is 0.143. The van der Waals surface area contributed by atoms with Crippen LogP contribution in [0.1, 0.15) is 12.7 Å². The van der Waals surface area contributed by atoms with E-state index in [1.807, 2.05) is 54.0 Å². The van der Waals surface area contributed by atoms with E-state index in [1.54, 1.807) is 13.2 Å². The molecule has 0 radical (unpaired) electrons. The lowest BCUT2D eigenvalue weighted by Gasteiger charge is -2.06. The molecule has 0 aliphatic heterocycles. The molecule has 0 fully saturated rings. The van der Waals surface area contributed by atoms with Crippen molar-refractivity contribution in [2.75, 3.05) is 7.11 Å². The maximum absolute atomic E-state index is 12.3. The number of benzene rings is 2. The molecule has 0 bridgehead atoms. The van der Waals surface area contributed by atoms with Crippen molar-refractivity contribution in [2.24, 2.45) is 0 Å². The highest BCUT2D eigenvalue weighted by Crippen LogP contribution is 2.34. The molecular formula is C22H19N5O3S. The molecule has 0 spiro atoms. The first kappa shape index (κ1) is 19.4. The monoisotopic (exact) mass is 433 g/mol. The molecule has 8 nitrogen and oxygen atoms in total. The number of nitrogens with zero attached hydrogens (tertiary/aromatic N) is 4. The summed E-state index contributed by atoms with van der Waals surface area (Å²) in [7, 11) is 1.62. The normalized spacial score (nSPS) is 11.4. The van der Waals surface area contributed by atoms with Crippen LogP contribution in [0.4, 0.5) is 0 Å². The van der Waals surface area contributed by atoms with E-state index in [9.17, 15) is 4.79 Å². The van der Waals surface area contributed by atoms with Crippen molar-refractivity contribution in [2.45, 2.75) is 24.4 Å². The van der Waals surface area contributed by atoms with E-state index in [0.29, 0.717) is 51.9 Å². The second kappa shape index (κ2) is 7.92. The van der Waals surface area contributed by atoms with Crippen LogP contribution in [0.3, 0.4) is 0 Å². The van der Waals surface area contributed by atoms with Crippen LogP contribution in [0.15, 0.2) is 62.9 Å². The zero-order chi connectivity index (χ0) is 21.4. The Morgan fingerprint density at radius 3 is 2.87 bits per heavy atom. The second-order valence-electron chi connectivity index (χ2n) is 6.86. The molecule has 5 rings (SSSR count). The number of nitrogens with one attached hydrogen (secondary N) is 1. The predicted octanol–water partition coefficient (Wildman–Crippen LogP) is 4.25. The number of methoxy groups -OCH3 is 1. The van der Waals surface area contributed by atoms with Crippen molar-refractivity contribution >= 4 is 33.6 Å². The van der Waals surface area contributed by atoms with E-state index in [4.69, 9.17) is 9.15 Å². The summed E-state index contributed by atoms with van der Waals surface area (Å²) >= 11 is 1.46. The van der Waals surface area contributed by atoms with Gasteiger partial charge in [0.1, 0.15) is 5.82 Å². The van der Waals surface area contributed by atoms with Crippen LogP contribution in [0.25, 0.3) is 33.5 Å². The Hall–Kier alpha value is -3.59. The van der Waals surface area contributed by atoms with Crippen LogP contribution < -0.4 is 10.3 Å². The number of aromatic amines is 1. The Bertz CT molecular complexity index is 1450. The van der Waals surface area contributed by atoms with Crippen molar-refractivity contribution in [3.8, 4) is 17.3 Å². The highest BCUT2D eigenvalue weighted by molar-refractivity contribution is 7.98. The number of thioether (sulfide) groups is 1. The summed E-state index contributed by atoms with van der Waals surface area (Å²) in [6.07, 6.45) is 0. The summed E-state index contributed by atoms with van der Waals surface area (Å²) < 4.78 is 13.4. The third-order valence-corrected chi connectivity index (χ3v) is 5.96. The largest absolute Gasteiger partial charge is 0.493 e. The molecule has 0 amide bonds. The van der Waals surface area contributed by atoms with Crippen molar-refractivity contribution < 1.29 is 9.15 Å². The van der Waals surface area contributed by atoms with Gasteiger partial charge in [-0.25, -0.2) is 4.98 Å². The SMILES string of the molecule is CCn1c(SCc2nc3ccccc3c(=O)[nH]2)nnc1-c1cc2cccc(OC)c2o1. The fourth-order valence-corrected chi connectivity index (χ4v) is 4.38. The Morgan fingerprint density at radius 1 is 1.16 bits per heavy atom. The van der Waals surface area contributed by atoms with Crippen LogP contribution in [-0.4, -0.2) is 31.8 Å². The molecule has 1 N–H and O–H groups in total. The Morgan fingerprint density at radius 2 is 2.03 bits per heavy atom. The topological polar surface area (TPSA) is 98.8 Å². The summed E-state index contributed by atoms with van der Waals surface area (Å²) in [4.78, 5) is 19.7. The third-order valence-electron chi connectivity index (χ3n) is 4.98. The number of ether oxygens (including phenoxy) is 1. The fourth-order valence-electron chi connectivity index (χ4n) is 3.51. The van der Waals surface area contributed by atoms with E-state index < -0.39 is 0 Å². The van der Waals surface area contributed by atoms with Crippen molar-refractivity contribution in [3.05, 3.63) is 64.7 Å². The molecule has 156 valence electrons. The van der Waals surface area contributed by atoms with Crippen LogP contribution >= 0.6 is 11.8 Å². The number of rotatable bonds is 6. The lowest BCUT2D eigenvalue weighted by atomic mass is 10.2. The molecule has 5 aromatic rings. The van der Waals surface area contributed by atoms with Gasteiger partial charge in [-0.3, -0.25) is 9.36 Å². The molecule has 0 aliphatic carbocycles. The molecule has 0 atom stereocenters. The highest BCUT2D eigenvalue weighted by atomic mass is 32.2. The Balaban J connectivity index is 1.45. The van der Waals surface area contributed by atoms with Gasteiger partial charge in [-0.05, 0) is 31.2 Å². The molecule has 9 heteroatoms. The van der Waals surface area contributed by atoms with Crippen LogP contribution in [-0.2, 0) is 12.3 Å². The smallest absolute Gasteiger partial charge is 0.258 e. The van der Waals surface area contributed by atoms with Gasteiger partial charge in [0, 0.05) is 11.9 Å². The second-order valence-corrected chi connectivity index (χ2v) is 7.80. The molecule has 0 aliphatic rings. The van der Waals surface area contributed by atoms with Crippen LogP contribution in [0, 0.1) is 0 Å². The number of fused-ring (bicyclic) bond motifs is 2. The Labute approximate surface area is 181 Å². The lowest BCUT2D eigenvalue weighted by Crippen LogP contribution is -2.11. The quantitative estimate of drug-likeness (QED) is 0.400. The molecule has 0 saturated heterocycles. The number of H-pyrrole nitrogens is 1. The lowest BCUT2D eigenvalue weighted by molar-refractivity contribution is 0.410.